The Labute approximate surface area is 125 Å². The van der Waals surface area contributed by atoms with Gasteiger partial charge in [0.05, 0.1) is 12.3 Å². The predicted octanol–water partition coefficient (Wildman–Crippen LogP) is 2.31. The zero-order valence-corrected chi connectivity index (χ0v) is 12.1. The van der Waals surface area contributed by atoms with Crippen LogP contribution in [0.25, 0.3) is 0 Å². The summed E-state index contributed by atoms with van der Waals surface area (Å²) in [7, 11) is 1.44. The first kappa shape index (κ1) is 17.8. The van der Waals surface area contributed by atoms with Crippen LogP contribution >= 0.6 is 0 Å². The van der Waals surface area contributed by atoms with Crippen LogP contribution in [-0.4, -0.2) is 41.8 Å². The summed E-state index contributed by atoms with van der Waals surface area (Å²) in [5, 5.41) is 8.79. The molecular weight excluding hydrogens is 303 g/mol. The van der Waals surface area contributed by atoms with E-state index in [0.29, 0.717) is 5.56 Å². The van der Waals surface area contributed by atoms with E-state index < -0.39 is 29.9 Å². The number of nitrogens with zero attached hydrogens (tertiary/aromatic N) is 1. The van der Waals surface area contributed by atoms with E-state index in [2.05, 4.69) is 4.74 Å². The molecule has 0 saturated heterocycles. The highest BCUT2D eigenvalue weighted by molar-refractivity contribution is 5.79. The number of alkyl halides is 3. The van der Waals surface area contributed by atoms with Crippen LogP contribution < -0.4 is 4.74 Å². The van der Waals surface area contributed by atoms with Crippen LogP contribution in [0, 0.1) is 5.92 Å². The zero-order valence-electron chi connectivity index (χ0n) is 12.1. The number of halogens is 3. The number of rotatable bonds is 6. The molecule has 1 atom stereocenters. The van der Waals surface area contributed by atoms with Crippen molar-refractivity contribution < 1.29 is 32.6 Å². The minimum atomic E-state index is -4.80. The summed E-state index contributed by atoms with van der Waals surface area (Å²) in [5.41, 5.74) is 0.349. The maximum absolute atomic E-state index is 12.1. The standard InChI is InChI=1S/C14H16F3NO4/c1-9(13(20)21)8-18(2)12(19)7-10-4-3-5-11(6-10)22-14(15,16)17/h3-6,9H,7-8H2,1-2H3,(H,20,21). The first-order chi connectivity index (χ1) is 10.1. The number of carbonyl (C=O) groups is 2. The molecule has 8 heteroatoms. The number of benzene rings is 1. The molecule has 0 radical (unpaired) electrons. The fourth-order valence-electron chi connectivity index (χ4n) is 1.75. The van der Waals surface area contributed by atoms with Gasteiger partial charge in [0.25, 0.3) is 0 Å². The Balaban J connectivity index is 2.68. The highest BCUT2D eigenvalue weighted by Gasteiger charge is 2.31. The van der Waals surface area contributed by atoms with E-state index in [0.717, 1.165) is 12.1 Å². The van der Waals surface area contributed by atoms with Crippen molar-refractivity contribution >= 4 is 11.9 Å². The molecule has 0 saturated carbocycles. The molecule has 1 unspecified atom stereocenters. The number of carbonyl (C=O) groups excluding carboxylic acids is 1. The molecule has 0 aliphatic rings. The lowest BCUT2D eigenvalue weighted by molar-refractivity contribution is -0.274. The van der Waals surface area contributed by atoms with E-state index in [9.17, 15) is 22.8 Å². The smallest absolute Gasteiger partial charge is 0.481 e. The molecule has 1 aromatic carbocycles. The Morgan fingerprint density at radius 1 is 1.36 bits per heavy atom. The van der Waals surface area contributed by atoms with Crippen molar-refractivity contribution in [1.82, 2.24) is 4.90 Å². The van der Waals surface area contributed by atoms with Crippen LogP contribution in [-0.2, 0) is 16.0 Å². The summed E-state index contributed by atoms with van der Waals surface area (Å²) >= 11 is 0. The van der Waals surface area contributed by atoms with Gasteiger partial charge in [0, 0.05) is 13.6 Å². The molecule has 0 heterocycles. The highest BCUT2D eigenvalue weighted by Crippen LogP contribution is 2.23. The molecule has 0 aliphatic carbocycles. The van der Waals surface area contributed by atoms with Crippen molar-refractivity contribution in [2.75, 3.05) is 13.6 Å². The van der Waals surface area contributed by atoms with Crippen molar-refractivity contribution in [3.05, 3.63) is 29.8 Å². The van der Waals surface area contributed by atoms with Crippen LogP contribution in [0.5, 0.6) is 5.75 Å². The fraction of sp³-hybridized carbons (Fsp3) is 0.429. The van der Waals surface area contributed by atoms with Gasteiger partial charge < -0.3 is 14.7 Å². The van der Waals surface area contributed by atoms with Gasteiger partial charge >= 0.3 is 12.3 Å². The van der Waals surface area contributed by atoms with Crippen LogP contribution in [0.3, 0.4) is 0 Å². The highest BCUT2D eigenvalue weighted by atomic mass is 19.4. The molecule has 0 spiro atoms. The molecule has 0 aromatic heterocycles. The Morgan fingerprint density at radius 2 is 2.00 bits per heavy atom. The molecule has 5 nitrogen and oxygen atoms in total. The maximum atomic E-state index is 12.1. The Morgan fingerprint density at radius 3 is 2.55 bits per heavy atom. The first-order valence-corrected chi connectivity index (χ1v) is 6.40. The predicted molar refractivity (Wildman–Crippen MR) is 71.3 cm³/mol. The topological polar surface area (TPSA) is 66.8 Å². The van der Waals surface area contributed by atoms with Crippen molar-refractivity contribution in [3.8, 4) is 5.75 Å². The summed E-state index contributed by atoms with van der Waals surface area (Å²) in [6, 6.07) is 5.11. The summed E-state index contributed by atoms with van der Waals surface area (Å²) in [6.07, 6.45) is -4.94. The van der Waals surface area contributed by atoms with Gasteiger partial charge in [0.2, 0.25) is 5.91 Å². The number of aliphatic carboxylic acids is 1. The van der Waals surface area contributed by atoms with E-state index in [-0.39, 0.29) is 13.0 Å². The van der Waals surface area contributed by atoms with Gasteiger partial charge in [-0.1, -0.05) is 19.1 Å². The third kappa shape index (κ3) is 6.02. The normalized spacial score (nSPS) is 12.6. The third-order valence-corrected chi connectivity index (χ3v) is 2.88. The maximum Gasteiger partial charge on any atom is 0.573 e. The SMILES string of the molecule is CC(CN(C)C(=O)Cc1cccc(OC(F)(F)F)c1)C(=O)O. The number of hydrogen-bond donors (Lipinski definition) is 1. The van der Waals surface area contributed by atoms with Gasteiger partial charge in [0.15, 0.2) is 0 Å². The molecule has 122 valence electrons. The Hall–Kier alpha value is -2.25. The number of ether oxygens (including phenoxy) is 1. The van der Waals surface area contributed by atoms with Gasteiger partial charge in [-0.25, -0.2) is 0 Å². The van der Waals surface area contributed by atoms with E-state index in [1.54, 1.807) is 0 Å². The van der Waals surface area contributed by atoms with E-state index >= 15 is 0 Å². The number of likely N-dealkylation sites (N-methyl/N-ethyl adjacent to an activating group) is 1. The van der Waals surface area contributed by atoms with Gasteiger partial charge in [-0.15, -0.1) is 13.2 Å². The third-order valence-electron chi connectivity index (χ3n) is 2.88. The number of carboxylic acid groups (broad SMARTS) is 1. The second-order valence-corrected chi connectivity index (χ2v) is 4.89. The first-order valence-electron chi connectivity index (χ1n) is 6.40. The van der Waals surface area contributed by atoms with E-state index in [1.807, 2.05) is 0 Å². The van der Waals surface area contributed by atoms with Gasteiger partial charge in [-0.2, -0.15) is 0 Å². The van der Waals surface area contributed by atoms with Crippen molar-refractivity contribution in [3.63, 3.8) is 0 Å². The Kier molecular flexibility index (Phi) is 5.78. The van der Waals surface area contributed by atoms with Crippen LogP contribution in [0.4, 0.5) is 13.2 Å². The minimum Gasteiger partial charge on any atom is -0.481 e. The van der Waals surface area contributed by atoms with Gasteiger partial charge in [0.1, 0.15) is 5.75 Å². The van der Waals surface area contributed by atoms with Crippen molar-refractivity contribution in [1.29, 1.82) is 0 Å². The molecule has 1 rings (SSSR count). The number of hydrogen-bond acceptors (Lipinski definition) is 3. The van der Waals surface area contributed by atoms with Gasteiger partial charge in [-0.05, 0) is 17.7 Å². The summed E-state index contributed by atoms with van der Waals surface area (Å²) in [6.45, 7) is 1.48. The molecule has 1 aromatic rings. The molecule has 1 amide bonds. The van der Waals surface area contributed by atoms with E-state index in [1.165, 1.54) is 31.0 Å². The molecule has 0 bridgehead atoms. The van der Waals surface area contributed by atoms with Crippen LogP contribution in [0.2, 0.25) is 0 Å². The average molecular weight is 319 g/mol. The number of carboxylic acids is 1. The molecule has 0 aliphatic heterocycles. The lowest BCUT2D eigenvalue weighted by atomic mass is 10.1. The second kappa shape index (κ2) is 7.15. The summed E-state index contributed by atoms with van der Waals surface area (Å²) in [5.74, 6) is -2.55. The lowest BCUT2D eigenvalue weighted by Gasteiger charge is -2.19. The summed E-state index contributed by atoms with van der Waals surface area (Å²) < 4.78 is 40.2. The monoisotopic (exact) mass is 319 g/mol. The largest absolute Gasteiger partial charge is 0.573 e. The lowest BCUT2D eigenvalue weighted by Crippen LogP contribution is -2.34. The molecule has 22 heavy (non-hydrogen) atoms. The minimum absolute atomic E-state index is 0.0207. The second-order valence-electron chi connectivity index (χ2n) is 4.89. The van der Waals surface area contributed by atoms with Crippen molar-refractivity contribution in [2.24, 2.45) is 5.92 Å². The quantitative estimate of drug-likeness (QED) is 0.874. The molecular formula is C14H16F3NO4. The van der Waals surface area contributed by atoms with Crippen molar-refractivity contribution in [2.45, 2.75) is 19.7 Å². The zero-order chi connectivity index (χ0) is 16.9. The average Bonchev–Trinajstić information content (AvgIpc) is 2.36. The summed E-state index contributed by atoms with van der Waals surface area (Å²) in [4.78, 5) is 23.9. The molecule has 0 fully saturated rings. The Bertz CT molecular complexity index is 545. The van der Waals surface area contributed by atoms with Crippen LogP contribution in [0.15, 0.2) is 24.3 Å². The molecule has 1 N–H and O–H groups in total. The van der Waals surface area contributed by atoms with E-state index in [4.69, 9.17) is 5.11 Å². The number of amides is 1. The van der Waals surface area contributed by atoms with Gasteiger partial charge in [-0.3, -0.25) is 9.59 Å². The van der Waals surface area contributed by atoms with Crippen LogP contribution in [0.1, 0.15) is 12.5 Å². The fourth-order valence-corrected chi connectivity index (χ4v) is 1.75.